The SMILES string of the molecule is CCOC(=O)c1ccc(C(C)C)nc1C1CC1. The van der Waals surface area contributed by atoms with Crippen LogP contribution in [0.3, 0.4) is 0 Å². The van der Waals surface area contributed by atoms with Crippen molar-refractivity contribution in [1.29, 1.82) is 0 Å². The molecule has 1 aromatic rings. The lowest BCUT2D eigenvalue weighted by atomic mass is 10.0. The molecule has 1 saturated carbocycles. The van der Waals surface area contributed by atoms with Gasteiger partial charge in [-0.05, 0) is 37.8 Å². The first kappa shape index (κ1) is 12.1. The number of carbonyl (C=O) groups excluding carboxylic acids is 1. The standard InChI is InChI=1S/C14H19NO2/c1-4-17-14(16)11-7-8-12(9(2)3)15-13(11)10-5-6-10/h7-10H,4-6H2,1-3H3. The predicted octanol–water partition coefficient (Wildman–Crippen LogP) is 3.26. The summed E-state index contributed by atoms with van der Waals surface area (Å²) in [6, 6.07) is 3.80. The van der Waals surface area contributed by atoms with Crippen LogP contribution in [0.5, 0.6) is 0 Å². The lowest BCUT2D eigenvalue weighted by Gasteiger charge is -2.11. The van der Waals surface area contributed by atoms with Gasteiger partial charge in [0.05, 0.1) is 17.9 Å². The maximum absolute atomic E-state index is 11.8. The van der Waals surface area contributed by atoms with E-state index in [1.165, 1.54) is 0 Å². The topological polar surface area (TPSA) is 39.2 Å². The van der Waals surface area contributed by atoms with Gasteiger partial charge >= 0.3 is 5.97 Å². The van der Waals surface area contributed by atoms with E-state index < -0.39 is 0 Å². The van der Waals surface area contributed by atoms with Gasteiger partial charge in [0.15, 0.2) is 0 Å². The van der Waals surface area contributed by atoms with Gasteiger partial charge in [-0.2, -0.15) is 0 Å². The summed E-state index contributed by atoms with van der Waals surface area (Å²) < 4.78 is 5.07. The Morgan fingerprint density at radius 3 is 2.71 bits per heavy atom. The number of rotatable bonds is 4. The fraction of sp³-hybridized carbons (Fsp3) is 0.571. The van der Waals surface area contributed by atoms with E-state index in [1.54, 1.807) is 0 Å². The third-order valence-corrected chi connectivity index (χ3v) is 3.00. The third kappa shape index (κ3) is 2.65. The molecule has 0 atom stereocenters. The molecular weight excluding hydrogens is 214 g/mol. The highest BCUT2D eigenvalue weighted by Gasteiger charge is 2.30. The maximum atomic E-state index is 11.8. The first-order chi connectivity index (χ1) is 8.13. The second-order valence-corrected chi connectivity index (χ2v) is 4.82. The van der Waals surface area contributed by atoms with Crippen molar-refractivity contribution in [3.63, 3.8) is 0 Å². The zero-order valence-corrected chi connectivity index (χ0v) is 10.7. The molecule has 3 nitrogen and oxygen atoms in total. The highest BCUT2D eigenvalue weighted by atomic mass is 16.5. The normalized spacial score (nSPS) is 15.1. The predicted molar refractivity (Wildman–Crippen MR) is 66.3 cm³/mol. The monoisotopic (exact) mass is 233 g/mol. The summed E-state index contributed by atoms with van der Waals surface area (Å²) in [6.07, 6.45) is 2.28. The van der Waals surface area contributed by atoms with Crippen LogP contribution in [0.25, 0.3) is 0 Å². The van der Waals surface area contributed by atoms with Gasteiger partial charge in [-0.25, -0.2) is 4.79 Å². The quantitative estimate of drug-likeness (QED) is 0.749. The summed E-state index contributed by atoms with van der Waals surface area (Å²) >= 11 is 0. The van der Waals surface area contributed by atoms with Crippen LogP contribution in [0.15, 0.2) is 12.1 Å². The smallest absolute Gasteiger partial charge is 0.339 e. The fourth-order valence-corrected chi connectivity index (χ4v) is 1.86. The number of ether oxygens (including phenoxy) is 1. The van der Waals surface area contributed by atoms with Gasteiger partial charge in [0.1, 0.15) is 0 Å². The minimum Gasteiger partial charge on any atom is -0.462 e. The van der Waals surface area contributed by atoms with E-state index in [-0.39, 0.29) is 5.97 Å². The van der Waals surface area contributed by atoms with Crippen molar-refractivity contribution in [3.05, 3.63) is 29.1 Å². The van der Waals surface area contributed by atoms with E-state index in [0.717, 1.165) is 24.2 Å². The van der Waals surface area contributed by atoms with Gasteiger partial charge < -0.3 is 4.74 Å². The van der Waals surface area contributed by atoms with E-state index in [2.05, 4.69) is 18.8 Å². The Morgan fingerprint density at radius 1 is 1.47 bits per heavy atom. The Morgan fingerprint density at radius 2 is 2.18 bits per heavy atom. The van der Waals surface area contributed by atoms with Crippen molar-refractivity contribution in [2.45, 2.75) is 45.4 Å². The zero-order chi connectivity index (χ0) is 12.4. The maximum Gasteiger partial charge on any atom is 0.339 e. The van der Waals surface area contributed by atoms with Gasteiger partial charge in [-0.1, -0.05) is 13.8 Å². The van der Waals surface area contributed by atoms with Crippen LogP contribution < -0.4 is 0 Å². The number of esters is 1. The van der Waals surface area contributed by atoms with Gasteiger partial charge in [0, 0.05) is 11.6 Å². The van der Waals surface area contributed by atoms with E-state index in [1.807, 2.05) is 19.1 Å². The van der Waals surface area contributed by atoms with Crippen LogP contribution in [-0.2, 0) is 4.74 Å². The third-order valence-electron chi connectivity index (χ3n) is 3.00. The molecule has 0 amide bonds. The summed E-state index contributed by atoms with van der Waals surface area (Å²) in [5, 5.41) is 0. The fourth-order valence-electron chi connectivity index (χ4n) is 1.86. The Kier molecular flexibility index (Phi) is 3.46. The number of hydrogen-bond donors (Lipinski definition) is 0. The van der Waals surface area contributed by atoms with E-state index >= 15 is 0 Å². The highest BCUT2D eigenvalue weighted by molar-refractivity contribution is 5.91. The molecule has 0 unspecified atom stereocenters. The lowest BCUT2D eigenvalue weighted by molar-refractivity contribution is 0.0524. The molecule has 0 aromatic carbocycles. The minimum absolute atomic E-state index is 0.239. The van der Waals surface area contributed by atoms with Crippen molar-refractivity contribution in [3.8, 4) is 0 Å². The first-order valence-corrected chi connectivity index (χ1v) is 6.31. The molecule has 1 heterocycles. The summed E-state index contributed by atoms with van der Waals surface area (Å²) in [5.41, 5.74) is 2.65. The number of nitrogens with zero attached hydrogens (tertiary/aromatic N) is 1. The van der Waals surface area contributed by atoms with Crippen LogP contribution in [-0.4, -0.2) is 17.6 Å². The number of pyridine rings is 1. The van der Waals surface area contributed by atoms with Crippen LogP contribution in [0.2, 0.25) is 0 Å². The van der Waals surface area contributed by atoms with Gasteiger partial charge in [0.2, 0.25) is 0 Å². The largest absolute Gasteiger partial charge is 0.462 e. The molecule has 0 N–H and O–H groups in total. The Bertz CT molecular complexity index is 422. The Balaban J connectivity index is 2.34. The van der Waals surface area contributed by atoms with Gasteiger partial charge in [-0.15, -0.1) is 0 Å². The molecule has 0 saturated heterocycles. The van der Waals surface area contributed by atoms with Gasteiger partial charge in [-0.3, -0.25) is 4.98 Å². The van der Waals surface area contributed by atoms with E-state index in [9.17, 15) is 4.79 Å². The van der Waals surface area contributed by atoms with Crippen LogP contribution in [0, 0.1) is 0 Å². The average molecular weight is 233 g/mol. The van der Waals surface area contributed by atoms with Crippen LogP contribution in [0.1, 0.15) is 67.2 Å². The van der Waals surface area contributed by atoms with Crippen LogP contribution >= 0.6 is 0 Å². The average Bonchev–Trinajstić information content (AvgIpc) is 3.12. The molecular formula is C14H19NO2. The van der Waals surface area contributed by atoms with Crippen molar-refractivity contribution < 1.29 is 9.53 Å². The molecule has 0 bridgehead atoms. The molecule has 17 heavy (non-hydrogen) atoms. The van der Waals surface area contributed by atoms with Crippen molar-refractivity contribution in [2.24, 2.45) is 0 Å². The second-order valence-electron chi connectivity index (χ2n) is 4.82. The molecule has 1 aliphatic rings. The molecule has 92 valence electrons. The molecule has 2 rings (SSSR count). The number of carbonyl (C=O) groups is 1. The summed E-state index contributed by atoms with van der Waals surface area (Å²) in [4.78, 5) is 16.5. The molecule has 1 fully saturated rings. The van der Waals surface area contributed by atoms with E-state index in [4.69, 9.17) is 4.74 Å². The molecule has 1 aromatic heterocycles. The molecule has 0 radical (unpaired) electrons. The summed E-state index contributed by atoms with van der Waals surface area (Å²) in [7, 11) is 0. The molecule has 0 aliphatic heterocycles. The van der Waals surface area contributed by atoms with E-state index in [0.29, 0.717) is 24.0 Å². The van der Waals surface area contributed by atoms with Crippen LogP contribution in [0.4, 0.5) is 0 Å². The van der Waals surface area contributed by atoms with Crippen molar-refractivity contribution in [1.82, 2.24) is 4.98 Å². The lowest BCUT2D eigenvalue weighted by Crippen LogP contribution is -2.10. The summed E-state index contributed by atoms with van der Waals surface area (Å²) in [5.74, 6) is 0.619. The highest BCUT2D eigenvalue weighted by Crippen LogP contribution is 2.41. The Labute approximate surface area is 102 Å². The molecule has 3 heteroatoms. The minimum atomic E-state index is -0.239. The first-order valence-electron chi connectivity index (χ1n) is 6.31. The Hall–Kier alpha value is -1.38. The number of hydrogen-bond acceptors (Lipinski definition) is 3. The molecule has 0 spiro atoms. The summed E-state index contributed by atoms with van der Waals surface area (Å²) in [6.45, 7) is 6.46. The second kappa shape index (κ2) is 4.86. The van der Waals surface area contributed by atoms with Crippen molar-refractivity contribution >= 4 is 5.97 Å². The zero-order valence-electron chi connectivity index (χ0n) is 10.7. The van der Waals surface area contributed by atoms with Crippen molar-refractivity contribution in [2.75, 3.05) is 6.61 Å². The number of aromatic nitrogens is 1. The van der Waals surface area contributed by atoms with Gasteiger partial charge in [0.25, 0.3) is 0 Å². The molecule has 1 aliphatic carbocycles.